The standard InChI is InChI=1S/C31H51N5O5/c1-8-10-16-23(25(37)28(39)32-18-9-2)34-27(38)24-22(20(3)4)17-19-36(24)29(40)26(31(5,6)7)35-30(41)33-21-14-12-11-13-15-21/h9,21,23-24,26H,2,8,10-19H2,1,3-7H3,(H,32,39)(H,34,38)(H2,33,35,41)/t23-,24-,26+/m0/s1. The molecule has 1 saturated carbocycles. The van der Waals surface area contributed by atoms with Crippen LogP contribution in [0.5, 0.6) is 0 Å². The van der Waals surface area contributed by atoms with Crippen LogP contribution in [0.3, 0.4) is 0 Å². The Morgan fingerprint density at radius 3 is 2.27 bits per heavy atom. The second-order valence-electron chi connectivity index (χ2n) is 12.5. The normalized spacial score (nSPS) is 19.1. The van der Waals surface area contributed by atoms with Crippen LogP contribution in [0.25, 0.3) is 0 Å². The second kappa shape index (κ2) is 15.7. The minimum absolute atomic E-state index is 0.0864. The van der Waals surface area contributed by atoms with E-state index in [1.807, 2.05) is 41.5 Å². The molecule has 10 nitrogen and oxygen atoms in total. The van der Waals surface area contributed by atoms with Gasteiger partial charge in [0.1, 0.15) is 12.1 Å². The molecular formula is C31H51N5O5. The summed E-state index contributed by atoms with van der Waals surface area (Å²) >= 11 is 0. The number of urea groups is 1. The van der Waals surface area contributed by atoms with Gasteiger partial charge in [-0.15, -0.1) is 6.58 Å². The molecule has 1 aliphatic carbocycles. The molecule has 41 heavy (non-hydrogen) atoms. The van der Waals surface area contributed by atoms with Crippen molar-refractivity contribution in [1.82, 2.24) is 26.2 Å². The number of unbranched alkanes of at least 4 members (excludes halogenated alkanes) is 1. The van der Waals surface area contributed by atoms with E-state index in [1.54, 1.807) is 0 Å². The molecule has 10 heteroatoms. The zero-order chi connectivity index (χ0) is 30.7. The first-order chi connectivity index (χ1) is 19.3. The number of carbonyl (C=O) groups excluding carboxylic acids is 5. The van der Waals surface area contributed by atoms with Gasteiger partial charge in [-0.05, 0) is 50.5 Å². The molecule has 4 N–H and O–H groups in total. The van der Waals surface area contributed by atoms with Crippen LogP contribution in [-0.2, 0) is 19.2 Å². The summed E-state index contributed by atoms with van der Waals surface area (Å²) in [6.45, 7) is 15.4. The maximum atomic E-state index is 14.1. The largest absolute Gasteiger partial charge is 0.346 e. The first-order valence-corrected chi connectivity index (χ1v) is 15.1. The van der Waals surface area contributed by atoms with Crippen LogP contribution in [0.15, 0.2) is 23.8 Å². The van der Waals surface area contributed by atoms with Crippen molar-refractivity contribution in [2.75, 3.05) is 13.1 Å². The number of likely N-dealkylation sites (tertiary alicyclic amines) is 1. The van der Waals surface area contributed by atoms with E-state index in [0.29, 0.717) is 25.8 Å². The molecular weight excluding hydrogens is 522 g/mol. The van der Waals surface area contributed by atoms with Gasteiger partial charge in [-0.2, -0.15) is 0 Å². The Morgan fingerprint density at radius 1 is 1.05 bits per heavy atom. The molecule has 0 radical (unpaired) electrons. The molecule has 2 rings (SSSR count). The smallest absolute Gasteiger partial charge is 0.315 e. The van der Waals surface area contributed by atoms with E-state index < -0.39 is 41.1 Å². The lowest BCUT2D eigenvalue weighted by Crippen LogP contribution is -2.60. The van der Waals surface area contributed by atoms with Crippen LogP contribution in [0.1, 0.15) is 99.3 Å². The van der Waals surface area contributed by atoms with Crippen LogP contribution in [0, 0.1) is 5.41 Å². The average molecular weight is 574 g/mol. The second-order valence-corrected chi connectivity index (χ2v) is 12.5. The minimum atomic E-state index is -1.01. The zero-order valence-electron chi connectivity index (χ0n) is 25.9. The Kier molecular flexibility index (Phi) is 13.1. The summed E-state index contributed by atoms with van der Waals surface area (Å²) in [6.07, 6.45) is 8.85. The third kappa shape index (κ3) is 9.71. The highest BCUT2D eigenvalue weighted by Gasteiger charge is 2.45. The average Bonchev–Trinajstić information content (AvgIpc) is 3.37. The van der Waals surface area contributed by atoms with Crippen LogP contribution >= 0.6 is 0 Å². The van der Waals surface area contributed by atoms with Gasteiger partial charge in [-0.3, -0.25) is 19.2 Å². The number of hydrogen-bond acceptors (Lipinski definition) is 5. The molecule has 3 atom stereocenters. The molecule has 5 amide bonds. The van der Waals surface area contributed by atoms with Gasteiger partial charge >= 0.3 is 6.03 Å². The fourth-order valence-corrected chi connectivity index (χ4v) is 5.51. The highest BCUT2D eigenvalue weighted by atomic mass is 16.2. The summed E-state index contributed by atoms with van der Waals surface area (Å²) in [6, 6.07) is -3.12. The van der Waals surface area contributed by atoms with E-state index in [4.69, 9.17) is 0 Å². The first kappa shape index (κ1) is 34.0. The summed E-state index contributed by atoms with van der Waals surface area (Å²) in [5, 5.41) is 11.2. The van der Waals surface area contributed by atoms with Gasteiger partial charge in [0, 0.05) is 19.1 Å². The maximum absolute atomic E-state index is 14.1. The maximum Gasteiger partial charge on any atom is 0.315 e. The van der Waals surface area contributed by atoms with Crippen molar-refractivity contribution >= 4 is 29.5 Å². The monoisotopic (exact) mass is 573 g/mol. The van der Waals surface area contributed by atoms with Crippen LogP contribution < -0.4 is 21.3 Å². The molecule has 0 bridgehead atoms. The number of ketones is 1. The van der Waals surface area contributed by atoms with Crippen molar-refractivity contribution in [2.24, 2.45) is 5.41 Å². The summed E-state index contributed by atoms with van der Waals surface area (Å²) in [5.74, 6) is -2.36. The molecule has 2 fully saturated rings. The Bertz CT molecular complexity index is 1000. The molecule has 1 saturated heterocycles. The summed E-state index contributed by atoms with van der Waals surface area (Å²) in [7, 11) is 0. The first-order valence-electron chi connectivity index (χ1n) is 15.1. The predicted octanol–water partition coefficient (Wildman–Crippen LogP) is 3.52. The van der Waals surface area contributed by atoms with Gasteiger partial charge in [-0.1, -0.05) is 71.4 Å². The number of Topliss-reactive ketones (excluding diaryl/α,β-unsaturated/α-hetero) is 1. The Labute approximate surface area is 245 Å². The number of nitrogens with one attached hydrogen (secondary N) is 4. The minimum Gasteiger partial charge on any atom is -0.346 e. The SMILES string of the molecule is C=CCNC(=O)C(=O)[C@H](CCCC)NC(=O)[C@@H]1C(=C(C)C)CCN1C(=O)[C@@H](NC(=O)NC1CCCCC1)C(C)(C)C. The number of nitrogens with zero attached hydrogens (tertiary/aromatic N) is 1. The quantitative estimate of drug-likeness (QED) is 0.209. The summed E-state index contributed by atoms with van der Waals surface area (Å²) in [4.78, 5) is 67.7. The van der Waals surface area contributed by atoms with Crippen molar-refractivity contribution in [3.63, 3.8) is 0 Å². The van der Waals surface area contributed by atoms with Crippen LogP contribution in [-0.4, -0.2) is 71.7 Å². The molecule has 0 unspecified atom stereocenters. The fraction of sp³-hybridized carbons (Fsp3) is 0.710. The predicted molar refractivity (Wildman–Crippen MR) is 160 cm³/mol. The Hall–Kier alpha value is -3.17. The molecule has 1 aliphatic heterocycles. The molecule has 0 spiro atoms. The van der Waals surface area contributed by atoms with E-state index in [-0.39, 0.29) is 24.5 Å². The lowest BCUT2D eigenvalue weighted by atomic mass is 9.85. The number of carbonyl (C=O) groups is 5. The zero-order valence-corrected chi connectivity index (χ0v) is 25.9. The number of rotatable bonds is 12. The summed E-state index contributed by atoms with van der Waals surface area (Å²) < 4.78 is 0. The van der Waals surface area contributed by atoms with Gasteiger partial charge in [0.05, 0.1) is 6.04 Å². The molecule has 2 aliphatic rings. The van der Waals surface area contributed by atoms with Crippen LogP contribution in [0.2, 0.25) is 0 Å². The van der Waals surface area contributed by atoms with Crippen molar-refractivity contribution in [1.29, 1.82) is 0 Å². The summed E-state index contributed by atoms with van der Waals surface area (Å²) in [5.41, 5.74) is 1.09. The molecule has 1 heterocycles. The highest BCUT2D eigenvalue weighted by molar-refractivity contribution is 6.38. The van der Waals surface area contributed by atoms with E-state index in [2.05, 4.69) is 27.8 Å². The van der Waals surface area contributed by atoms with Gasteiger partial charge in [-0.25, -0.2) is 4.79 Å². The van der Waals surface area contributed by atoms with E-state index >= 15 is 0 Å². The van der Waals surface area contributed by atoms with Crippen molar-refractivity contribution in [3.05, 3.63) is 23.8 Å². The third-order valence-electron chi connectivity index (χ3n) is 7.88. The highest BCUT2D eigenvalue weighted by Crippen LogP contribution is 2.31. The lowest BCUT2D eigenvalue weighted by molar-refractivity contribution is -0.143. The lowest BCUT2D eigenvalue weighted by Gasteiger charge is -2.36. The van der Waals surface area contributed by atoms with Crippen molar-refractivity contribution < 1.29 is 24.0 Å². The van der Waals surface area contributed by atoms with Gasteiger partial charge in [0.2, 0.25) is 17.6 Å². The number of hydrogen-bond donors (Lipinski definition) is 4. The molecule has 0 aromatic carbocycles. The third-order valence-corrected chi connectivity index (χ3v) is 7.88. The van der Waals surface area contributed by atoms with E-state index in [0.717, 1.165) is 43.3 Å². The van der Waals surface area contributed by atoms with Crippen molar-refractivity contribution in [3.8, 4) is 0 Å². The van der Waals surface area contributed by atoms with Crippen molar-refractivity contribution in [2.45, 2.75) is 123 Å². The Morgan fingerprint density at radius 2 is 1.71 bits per heavy atom. The van der Waals surface area contributed by atoms with Gasteiger partial charge < -0.3 is 26.2 Å². The number of allylic oxidation sites excluding steroid dienone is 1. The van der Waals surface area contributed by atoms with E-state index in [9.17, 15) is 24.0 Å². The van der Waals surface area contributed by atoms with E-state index in [1.165, 1.54) is 17.4 Å². The molecule has 0 aromatic heterocycles. The van der Waals surface area contributed by atoms with Crippen LogP contribution in [0.4, 0.5) is 4.79 Å². The van der Waals surface area contributed by atoms with Gasteiger partial charge in [0.15, 0.2) is 0 Å². The molecule has 230 valence electrons. The Balaban J connectivity index is 2.29. The van der Waals surface area contributed by atoms with Gasteiger partial charge in [0.25, 0.3) is 5.91 Å². The number of amides is 5. The topological polar surface area (TPSA) is 137 Å². The molecule has 0 aromatic rings. The fourth-order valence-electron chi connectivity index (χ4n) is 5.51.